The van der Waals surface area contributed by atoms with Crippen LogP contribution in [0.25, 0.3) is 0 Å². The number of rotatable bonds is 8. The van der Waals surface area contributed by atoms with Gasteiger partial charge >= 0.3 is 0 Å². The van der Waals surface area contributed by atoms with E-state index in [-0.39, 0.29) is 17.2 Å². The molecule has 1 heterocycles. The Kier molecular flexibility index (Phi) is 5.09. The van der Waals surface area contributed by atoms with Crippen LogP contribution in [0.4, 0.5) is 0 Å². The summed E-state index contributed by atoms with van der Waals surface area (Å²) < 4.78 is 10.9. The minimum absolute atomic E-state index is 0.101. The molecular formula is C20H28N4O3. The summed E-state index contributed by atoms with van der Waals surface area (Å²) >= 11 is 0. The number of hydrogen-bond acceptors (Lipinski definition) is 4. The topological polar surface area (TPSA) is 84.0 Å². The van der Waals surface area contributed by atoms with Gasteiger partial charge in [-0.2, -0.15) is 0 Å². The van der Waals surface area contributed by atoms with Gasteiger partial charge in [0.15, 0.2) is 17.5 Å². The van der Waals surface area contributed by atoms with E-state index in [0.717, 1.165) is 56.2 Å². The number of fused-ring (bicyclic) bond motifs is 1. The Morgan fingerprint density at radius 2 is 1.93 bits per heavy atom. The first-order valence-corrected chi connectivity index (χ1v) is 9.90. The molecule has 1 aliphatic heterocycles. The van der Waals surface area contributed by atoms with E-state index in [1.807, 2.05) is 6.07 Å². The zero-order valence-corrected chi connectivity index (χ0v) is 15.8. The van der Waals surface area contributed by atoms with Crippen molar-refractivity contribution in [1.29, 1.82) is 0 Å². The fourth-order valence-corrected chi connectivity index (χ4v) is 3.34. The summed E-state index contributed by atoms with van der Waals surface area (Å²) in [5.41, 5.74) is 1.37. The maximum Gasteiger partial charge on any atom is 0.231 e. The van der Waals surface area contributed by atoms with Crippen LogP contribution in [0.3, 0.4) is 0 Å². The molecule has 3 N–H and O–H groups in total. The maximum atomic E-state index is 11.7. The molecule has 4 rings (SSSR count). The quantitative estimate of drug-likeness (QED) is 0.366. The third-order valence-electron chi connectivity index (χ3n) is 5.39. The monoisotopic (exact) mass is 372 g/mol. The first kappa shape index (κ1) is 17.9. The highest BCUT2D eigenvalue weighted by molar-refractivity contribution is 5.81. The van der Waals surface area contributed by atoms with Crippen LogP contribution in [0.1, 0.15) is 38.2 Å². The molecule has 0 radical (unpaired) electrons. The van der Waals surface area contributed by atoms with Crippen LogP contribution in [0.2, 0.25) is 0 Å². The largest absolute Gasteiger partial charge is 0.454 e. The molecule has 3 aliphatic rings. The predicted molar refractivity (Wildman–Crippen MR) is 103 cm³/mol. The molecule has 0 bridgehead atoms. The maximum absolute atomic E-state index is 11.7. The van der Waals surface area contributed by atoms with Gasteiger partial charge < -0.3 is 25.4 Å². The molecule has 7 nitrogen and oxygen atoms in total. The van der Waals surface area contributed by atoms with E-state index in [2.05, 4.69) is 35.0 Å². The highest BCUT2D eigenvalue weighted by Gasteiger charge is 2.44. The van der Waals surface area contributed by atoms with E-state index in [9.17, 15) is 4.79 Å². The van der Waals surface area contributed by atoms with Gasteiger partial charge in [-0.25, -0.2) is 0 Å². The number of amides is 1. The number of hydrogen-bond donors (Lipinski definition) is 3. The Morgan fingerprint density at radius 3 is 2.67 bits per heavy atom. The number of nitrogens with zero attached hydrogens (tertiary/aromatic N) is 1. The number of benzene rings is 1. The zero-order valence-electron chi connectivity index (χ0n) is 15.8. The van der Waals surface area contributed by atoms with Gasteiger partial charge in [-0.3, -0.25) is 9.79 Å². The third-order valence-corrected chi connectivity index (χ3v) is 5.39. The van der Waals surface area contributed by atoms with Crippen molar-refractivity contribution in [3.63, 3.8) is 0 Å². The van der Waals surface area contributed by atoms with E-state index in [1.165, 1.54) is 5.56 Å². The van der Waals surface area contributed by atoms with Crippen molar-refractivity contribution in [3.05, 3.63) is 23.8 Å². The molecule has 2 fully saturated rings. The highest BCUT2D eigenvalue weighted by Crippen LogP contribution is 2.50. The number of carbonyl (C=O) groups is 1. The zero-order chi connectivity index (χ0) is 18.7. The first-order valence-electron chi connectivity index (χ1n) is 9.90. The third kappa shape index (κ3) is 4.28. The van der Waals surface area contributed by atoms with E-state index in [1.54, 1.807) is 0 Å². The van der Waals surface area contributed by atoms with Crippen LogP contribution in [-0.4, -0.2) is 44.8 Å². The van der Waals surface area contributed by atoms with Crippen molar-refractivity contribution in [1.82, 2.24) is 16.0 Å². The van der Waals surface area contributed by atoms with Crippen LogP contribution in [0.15, 0.2) is 23.2 Å². The summed E-state index contributed by atoms with van der Waals surface area (Å²) in [4.78, 5) is 16.5. The van der Waals surface area contributed by atoms with Crippen molar-refractivity contribution < 1.29 is 14.3 Å². The van der Waals surface area contributed by atoms with Gasteiger partial charge in [0.25, 0.3) is 0 Å². The Balaban J connectivity index is 1.31. The van der Waals surface area contributed by atoms with Crippen molar-refractivity contribution in [3.8, 4) is 11.5 Å². The minimum atomic E-state index is 0.101. The fraction of sp³-hybridized carbons (Fsp3) is 0.600. The summed E-state index contributed by atoms with van der Waals surface area (Å²) in [6.07, 6.45) is 4.33. The average Bonchev–Trinajstić information content (AvgIpc) is 3.60. The van der Waals surface area contributed by atoms with Gasteiger partial charge in [0.05, 0.1) is 6.54 Å². The van der Waals surface area contributed by atoms with Gasteiger partial charge in [0.1, 0.15) is 0 Å². The SMILES string of the molecule is CCNC(=NCC1(c2ccc3c(c2)OCO3)CC1)NCCNC(=O)C1CC1. The molecular weight excluding hydrogens is 344 g/mol. The van der Waals surface area contributed by atoms with Crippen LogP contribution in [0.5, 0.6) is 11.5 Å². The molecule has 7 heteroatoms. The van der Waals surface area contributed by atoms with Crippen molar-refractivity contribution in [2.45, 2.75) is 38.0 Å². The lowest BCUT2D eigenvalue weighted by molar-refractivity contribution is -0.122. The second-order valence-electron chi connectivity index (χ2n) is 7.54. The summed E-state index contributed by atoms with van der Waals surface area (Å²) in [6.45, 7) is 5.18. The van der Waals surface area contributed by atoms with Gasteiger partial charge in [0, 0.05) is 31.0 Å². The van der Waals surface area contributed by atoms with Crippen molar-refractivity contribution in [2.75, 3.05) is 33.0 Å². The summed E-state index contributed by atoms with van der Waals surface area (Å²) in [5.74, 6) is 2.88. The summed E-state index contributed by atoms with van der Waals surface area (Å²) in [7, 11) is 0. The van der Waals surface area contributed by atoms with Gasteiger partial charge in [0.2, 0.25) is 12.7 Å². The smallest absolute Gasteiger partial charge is 0.231 e. The lowest BCUT2D eigenvalue weighted by Crippen LogP contribution is -2.42. The number of ether oxygens (including phenoxy) is 2. The van der Waals surface area contributed by atoms with E-state index in [0.29, 0.717) is 19.9 Å². The van der Waals surface area contributed by atoms with Crippen molar-refractivity contribution >= 4 is 11.9 Å². The van der Waals surface area contributed by atoms with Crippen LogP contribution < -0.4 is 25.4 Å². The standard InChI is InChI=1S/C20H28N4O3/c1-2-21-19(23-10-9-22-18(25)14-3-4-14)24-12-20(7-8-20)15-5-6-16-17(11-15)27-13-26-16/h5-6,11,14H,2-4,7-10,12-13H2,1H3,(H,22,25)(H2,21,23,24). The van der Waals surface area contributed by atoms with Crippen LogP contribution >= 0.6 is 0 Å². The van der Waals surface area contributed by atoms with Gasteiger partial charge in [-0.05, 0) is 50.3 Å². The Hall–Kier alpha value is -2.44. The number of guanidine groups is 1. The normalized spacial score (nSPS) is 19.5. The second-order valence-corrected chi connectivity index (χ2v) is 7.54. The molecule has 0 spiro atoms. The molecule has 0 atom stereocenters. The molecule has 1 aromatic rings. The van der Waals surface area contributed by atoms with Crippen LogP contribution in [0, 0.1) is 5.92 Å². The molecule has 2 saturated carbocycles. The van der Waals surface area contributed by atoms with Crippen molar-refractivity contribution in [2.24, 2.45) is 10.9 Å². The first-order chi connectivity index (χ1) is 13.2. The van der Waals surface area contributed by atoms with Gasteiger partial charge in [-0.15, -0.1) is 0 Å². The number of carbonyl (C=O) groups excluding carboxylic acids is 1. The molecule has 2 aliphatic carbocycles. The molecule has 1 amide bonds. The molecule has 0 aromatic heterocycles. The molecule has 0 saturated heterocycles. The van der Waals surface area contributed by atoms with E-state index >= 15 is 0 Å². The summed E-state index contributed by atoms with van der Waals surface area (Å²) in [5, 5.41) is 9.56. The van der Waals surface area contributed by atoms with Gasteiger partial charge in [-0.1, -0.05) is 6.07 Å². The number of aliphatic imine (C=N–C) groups is 1. The fourth-order valence-electron chi connectivity index (χ4n) is 3.34. The Morgan fingerprint density at radius 1 is 1.15 bits per heavy atom. The predicted octanol–water partition coefficient (Wildman–Crippen LogP) is 1.53. The van der Waals surface area contributed by atoms with Crippen LogP contribution in [-0.2, 0) is 10.2 Å². The Labute approximate surface area is 159 Å². The molecule has 1 aromatic carbocycles. The number of nitrogens with one attached hydrogen (secondary N) is 3. The minimum Gasteiger partial charge on any atom is -0.454 e. The Bertz CT molecular complexity index is 726. The lowest BCUT2D eigenvalue weighted by Gasteiger charge is -2.16. The lowest BCUT2D eigenvalue weighted by atomic mass is 9.96. The molecule has 146 valence electrons. The molecule has 0 unspecified atom stereocenters. The van der Waals surface area contributed by atoms with E-state index < -0.39 is 0 Å². The molecule has 27 heavy (non-hydrogen) atoms. The van der Waals surface area contributed by atoms with E-state index in [4.69, 9.17) is 14.5 Å². The average molecular weight is 372 g/mol. The summed E-state index contributed by atoms with van der Waals surface area (Å²) in [6, 6.07) is 6.22. The second kappa shape index (κ2) is 7.66. The highest BCUT2D eigenvalue weighted by atomic mass is 16.7.